The van der Waals surface area contributed by atoms with Gasteiger partial charge in [-0.15, -0.1) is 0 Å². The van der Waals surface area contributed by atoms with Crippen LogP contribution in [0.25, 0.3) is 0 Å². The lowest BCUT2D eigenvalue weighted by Crippen LogP contribution is -2.40. The van der Waals surface area contributed by atoms with Gasteiger partial charge in [-0.2, -0.15) is 9.40 Å². The van der Waals surface area contributed by atoms with Crippen molar-refractivity contribution in [2.45, 2.75) is 24.9 Å². The number of aromatic amines is 1. The molecule has 1 amide bonds. The third-order valence-electron chi connectivity index (χ3n) is 1.98. The zero-order chi connectivity index (χ0) is 13.1. The van der Waals surface area contributed by atoms with E-state index < -0.39 is 10.0 Å². The van der Waals surface area contributed by atoms with E-state index in [0.717, 1.165) is 4.31 Å². The van der Waals surface area contributed by atoms with E-state index in [0.29, 0.717) is 0 Å². The molecule has 8 heteroatoms. The van der Waals surface area contributed by atoms with Gasteiger partial charge in [0.1, 0.15) is 0 Å². The smallest absolute Gasteiger partial charge is 0.260 e. The lowest BCUT2D eigenvalue weighted by molar-refractivity contribution is -0.121. The van der Waals surface area contributed by atoms with Gasteiger partial charge in [0.25, 0.3) is 10.0 Å². The Kier molecular flexibility index (Phi) is 4.24. The molecule has 0 fully saturated rings. The molecule has 0 atom stereocenters. The molecule has 0 bridgehead atoms. The highest BCUT2D eigenvalue weighted by molar-refractivity contribution is 7.89. The number of amides is 1. The van der Waals surface area contributed by atoms with E-state index in [1.165, 1.54) is 19.3 Å². The van der Waals surface area contributed by atoms with Gasteiger partial charge in [-0.3, -0.25) is 9.89 Å². The average Bonchev–Trinajstić information content (AvgIpc) is 2.68. The highest BCUT2D eigenvalue weighted by Crippen LogP contribution is 2.09. The van der Waals surface area contributed by atoms with Crippen molar-refractivity contribution in [3.8, 4) is 0 Å². The van der Waals surface area contributed by atoms with Crippen molar-refractivity contribution in [2.24, 2.45) is 0 Å². The molecule has 1 aromatic rings. The summed E-state index contributed by atoms with van der Waals surface area (Å²) in [4.78, 5) is 11.4. The third-order valence-corrected chi connectivity index (χ3v) is 3.71. The van der Waals surface area contributed by atoms with E-state index in [2.05, 4.69) is 15.5 Å². The standard InChI is InChI=1S/C9H16N4O3S/c1-7(2)11-8(14)6-13(3)17(15,16)9-4-5-10-12-9/h4-5,7H,6H2,1-3H3,(H,10,12)(H,11,14). The predicted octanol–water partition coefficient (Wildman–Crippen LogP) is -0.445. The molecule has 0 aliphatic carbocycles. The monoisotopic (exact) mass is 260 g/mol. The molecule has 2 N–H and O–H groups in total. The zero-order valence-electron chi connectivity index (χ0n) is 9.97. The lowest BCUT2D eigenvalue weighted by Gasteiger charge is -2.16. The fraction of sp³-hybridized carbons (Fsp3) is 0.556. The minimum atomic E-state index is -3.67. The average molecular weight is 260 g/mol. The minimum Gasteiger partial charge on any atom is -0.353 e. The van der Waals surface area contributed by atoms with Crippen LogP contribution < -0.4 is 5.32 Å². The van der Waals surface area contributed by atoms with E-state index in [1.54, 1.807) is 13.8 Å². The largest absolute Gasteiger partial charge is 0.353 e. The van der Waals surface area contributed by atoms with Gasteiger partial charge in [0.2, 0.25) is 5.91 Å². The van der Waals surface area contributed by atoms with Crippen molar-refractivity contribution in [1.29, 1.82) is 0 Å². The first kappa shape index (κ1) is 13.7. The molecule has 0 spiro atoms. The summed E-state index contributed by atoms with van der Waals surface area (Å²) in [5.41, 5.74) is 0. The Balaban J connectivity index is 2.71. The summed E-state index contributed by atoms with van der Waals surface area (Å²) in [5.74, 6) is -0.342. The van der Waals surface area contributed by atoms with Gasteiger partial charge in [-0.05, 0) is 19.9 Å². The molecule has 1 heterocycles. The third kappa shape index (κ3) is 3.53. The zero-order valence-corrected chi connectivity index (χ0v) is 10.8. The quantitative estimate of drug-likeness (QED) is 0.750. The molecule has 17 heavy (non-hydrogen) atoms. The van der Waals surface area contributed by atoms with E-state index >= 15 is 0 Å². The molecular weight excluding hydrogens is 244 g/mol. The molecule has 0 saturated carbocycles. The van der Waals surface area contributed by atoms with Crippen LogP contribution in [0.4, 0.5) is 0 Å². The van der Waals surface area contributed by atoms with Crippen molar-refractivity contribution in [3.63, 3.8) is 0 Å². The Morgan fingerprint density at radius 1 is 1.59 bits per heavy atom. The second-order valence-corrected chi connectivity index (χ2v) is 5.92. The number of carbonyl (C=O) groups excluding carboxylic acids is 1. The number of hydrogen-bond donors (Lipinski definition) is 2. The van der Waals surface area contributed by atoms with Crippen LogP contribution in [0.2, 0.25) is 0 Å². The summed E-state index contributed by atoms with van der Waals surface area (Å²) in [6.45, 7) is 3.39. The summed E-state index contributed by atoms with van der Waals surface area (Å²) < 4.78 is 24.7. The Bertz CT molecular complexity index is 466. The number of aromatic nitrogens is 2. The molecule has 1 aromatic heterocycles. The van der Waals surface area contributed by atoms with Gasteiger partial charge in [-0.25, -0.2) is 8.42 Å². The lowest BCUT2D eigenvalue weighted by atomic mass is 10.4. The molecule has 96 valence electrons. The van der Waals surface area contributed by atoms with Crippen molar-refractivity contribution < 1.29 is 13.2 Å². The maximum Gasteiger partial charge on any atom is 0.260 e. The van der Waals surface area contributed by atoms with Crippen LogP contribution in [0.3, 0.4) is 0 Å². The summed E-state index contributed by atoms with van der Waals surface area (Å²) >= 11 is 0. The number of H-pyrrole nitrogens is 1. The fourth-order valence-corrected chi connectivity index (χ4v) is 2.23. The second kappa shape index (κ2) is 5.28. The van der Waals surface area contributed by atoms with Crippen LogP contribution in [-0.2, 0) is 14.8 Å². The van der Waals surface area contributed by atoms with Gasteiger partial charge in [-0.1, -0.05) is 0 Å². The number of hydrogen-bond acceptors (Lipinski definition) is 4. The number of rotatable bonds is 5. The van der Waals surface area contributed by atoms with Crippen molar-refractivity contribution in [2.75, 3.05) is 13.6 Å². The maximum absolute atomic E-state index is 11.9. The van der Waals surface area contributed by atoms with Gasteiger partial charge in [0.15, 0.2) is 5.03 Å². The van der Waals surface area contributed by atoms with Crippen LogP contribution in [-0.4, -0.2) is 48.5 Å². The molecule has 0 aromatic carbocycles. The Morgan fingerprint density at radius 2 is 2.24 bits per heavy atom. The van der Waals surface area contributed by atoms with Crippen LogP contribution in [0.5, 0.6) is 0 Å². The predicted molar refractivity (Wildman–Crippen MR) is 61.7 cm³/mol. The first-order valence-corrected chi connectivity index (χ1v) is 6.53. The SMILES string of the molecule is CC(C)NC(=O)CN(C)S(=O)(=O)c1ccn[nH]1. The molecule has 0 unspecified atom stereocenters. The first-order chi connectivity index (χ1) is 7.84. The van der Waals surface area contributed by atoms with Crippen molar-refractivity contribution >= 4 is 15.9 Å². The van der Waals surface area contributed by atoms with Crippen molar-refractivity contribution in [3.05, 3.63) is 12.3 Å². The molecule has 0 saturated heterocycles. The molecule has 0 aliphatic heterocycles. The number of carbonyl (C=O) groups is 1. The Hall–Kier alpha value is -1.41. The van der Waals surface area contributed by atoms with Gasteiger partial charge < -0.3 is 5.32 Å². The van der Waals surface area contributed by atoms with Crippen molar-refractivity contribution in [1.82, 2.24) is 19.8 Å². The van der Waals surface area contributed by atoms with Crippen LogP contribution >= 0.6 is 0 Å². The van der Waals surface area contributed by atoms with E-state index in [1.807, 2.05) is 0 Å². The second-order valence-electron chi connectivity index (χ2n) is 3.90. The van der Waals surface area contributed by atoms with Gasteiger partial charge >= 0.3 is 0 Å². The van der Waals surface area contributed by atoms with E-state index in [-0.39, 0.29) is 23.5 Å². The normalized spacial score (nSPS) is 12.1. The number of likely N-dealkylation sites (N-methyl/N-ethyl adjacent to an activating group) is 1. The topological polar surface area (TPSA) is 95.2 Å². The highest BCUT2D eigenvalue weighted by Gasteiger charge is 2.24. The van der Waals surface area contributed by atoms with Crippen LogP contribution in [0.15, 0.2) is 17.3 Å². The summed E-state index contributed by atoms with van der Waals surface area (Å²) in [7, 11) is -2.33. The Morgan fingerprint density at radius 3 is 2.71 bits per heavy atom. The number of nitrogens with zero attached hydrogens (tertiary/aromatic N) is 2. The summed E-state index contributed by atoms with van der Waals surface area (Å²) in [6, 6.07) is 1.32. The van der Waals surface area contributed by atoms with E-state index in [4.69, 9.17) is 0 Å². The molecule has 0 aliphatic rings. The molecular formula is C9H16N4O3S. The molecule has 1 rings (SSSR count). The fourth-order valence-electron chi connectivity index (χ4n) is 1.21. The molecule has 7 nitrogen and oxygen atoms in total. The van der Waals surface area contributed by atoms with Gasteiger partial charge in [0, 0.05) is 13.1 Å². The summed E-state index contributed by atoms with van der Waals surface area (Å²) in [6.07, 6.45) is 1.34. The molecule has 0 radical (unpaired) electrons. The summed E-state index contributed by atoms with van der Waals surface area (Å²) in [5, 5.41) is 8.52. The van der Waals surface area contributed by atoms with Gasteiger partial charge in [0.05, 0.1) is 12.7 Å². The van der Waals surface area contributed by atoms with Crippen LogP contribution in [0, 0.1) is 0 Å². The minimum absolute atomic E-state index is 0.0224. The highest BCUT2D eigenvalue weighted by atomic mass is 32.2. The number of nitrogens with one attached hydrogen (secondary N) is 2. The first-order valence-electron chi connectivity index (χ1n) is 5.09. The van der Waals surface area contributed by atoms with Crippen LogP contribution in [0.1, 0.15) is 13.8 Å². The van der Waals surface area contributed by atoms with E-state index in [9.17, 15) is 13.2 Å². The Labute approximate surface area is 100 Å². The maximum atomic E-state index is 11.9. The number of sulfonamides is 1.